The number of pyridine rings is 1. The number of thiazole rings is 1. The number of benzene rings is 2. The molecule has 0 radical (unpaired) electrons. The third kappa shape index (κ3) is 5.31. The minimum Gasteiger partial charge on any atom is -0.325 e. The molecule has 14 heteroatoms. The number of aromatic nitrogens is 2. The van der Waals surface area contributed by atoms with E-state index in [2.05, 4.69) is 15.3 Å². The first-order valence-corrected chi connectivity index (χ1v) is 14.4. The highest BCUT2D eigenvalue weighted by Gasteiger charge is 2.37. The summed E-state index contributed by atoms with van der Waals surface area (Å²) in [6.45, 7) is 0.0963. The molecule has 0 fully saturated rings. The molecular formula is C26H24F2N6O4S2. The van der Waals surface area contributed by atoms with Crippen LogP contribution in [-0.2, 0) is 27.8 Å². The maximum Gasteiger partial charge on any atom is 0.332 e. The van der Waals surface area contributed by atoms with E-state index in [1.807, 2.05) is 0 Å². The summed E-state index contributed by atoms with van der Waals surface area (Å²) >= 11 is 1.43. The third-order valence-electron chi connectivity index (χ3n) is 6.59. The van der Waals surface area contributed by atoms with E-state index in [0.29, 0.717) is 28.0 Å². The summed E-state index contributed by atoms with van der Waals surface area (Å²) in [5, 5.41) is 2.45. The van der Waals surface area contributed by atoms with Gasteiger partial charge in [0, 0.05) is 45.0 Å². The van der Waals surface area contributed by atoms with E-state index in [1.165, 1.54) is 29.5 Å². The van der Waals surface area contributed by atoms with Crippen LogP contribution in [-0.4, -0.2) is 61.3 Å². The second-order valence-electron chi connectivity index (χ2n) is 9.17. The highest BCUT2D eigenvalue weighted by atomic mass is 32.2. The van der Waals surface area contributed by atoms with Gasteiger partial charge in [-0.1, -0.05) is 6.07 Å². The van der Waals surface area contributed by atoms with Crippen LogP contribution in [0.3, 0.4) is 0 Å². The van der Waals surface area contributed by atoms with Gasteiger partial charge in [-0.3, -0.25) is 4.79 Å². The Morgan fingerprint density at radius 3 is 2.60 bits per heavy atom. The fourth-order valence-electron chi connectivity index (χ4n) is 4.48. The second kappa shape index (κ2) is 10.8. The first-order chi connectivity index (χ1) is 19.0. The van der Waals surface area contributed by atoms with Crippen LogP contribution in [0.4, 0.5) is 25.1 Å². The number of hydrogen-bond acceptors (Lipinski definition) is 7. The Morgan fingerprint density at radius 2 is 1.85 bits per heavy atom. The lowest BCUT2D eigenvalue weighted by molar-refractivity contribution is -0.120. The van der Waals surface area contributed by atoms with Crippen LogP contribution in [0.1, 0.15) is 11.1 Å². The third-order valence-corrected chi connectivity index (χ3v) is 9.17. The summed E-state index contributed by atoms with van der Waals surface area (Å²) in [6, 6.07) is 8.96. The Kier molecular flexibility index (Phi) is 7.38. The number of rotatable bonds is 7. The van der Waals surface area contributed by atoms with Crippen LogP contribution >= 0.6 is 11.3 Å². The van der Waals surface area contributed by atoms with Gasteiger partial charge in [0.05, 0.1) is 15.7 Å². The van der Waals surface area contributed by atoms with Gasteiger partial charge < -0.3 is 10.2 Å². The Labute approximate surface area is 233 Å². The molecule has 0 saturated carbocycles. The topological polar surface area (TPSA) is 116 Å². The highest BCUT2D eigenvalue weighted by molar-refractivity contribution is 7.91. The molecular weight excluding hydrogens is 562 g/mol. The molecule has 1 atom stereocenters. The number of fused-ring (bicyclic) bond motifs is 2. The van der Waals surface area contributed by atoms with E-state index < -0.39 is 39.8 Å². The van der Waals surface area contributed by atoms with Crippen molar-refractivity contribution in [1.82, 2.24) is 19.6 Å². The van der Waals surface area contributed by atoms with Gasteiger partial charge in [-0.05, 0) is 53.9 Å². The summed E-state index contributed by atoms with van der Waals surface area (Å²) in [5.74, 6) is -2.11. The largest absolute Gasteiger partial charge is 0.332 e. The molecule has 208 valence electrons. The monoisotopic (exact) mass is 586 g/mol. The second-order valence-corrected chi connectivity index (χ2v) is 11.9. The Morgan fingerprint density at radius 1 is 1.10 bits per heavy atom. The van der Waals surface area contributed by atoms with Crippen molar-refractivity contribution < 1.29 is 26.8 Å². The number of carbonyl (C=O) groups is 2. The van der Waals surface area contributed by atoms with E-state index in [9.17, 15) is 26.8 Å². The quantitative estimate of drug-likeness (QED) is 0.355. The highest BCUT2D eigenvalue weighted by Crippen LogP contribution is 2.29. The summed E-state index contributed by atoms with van der Waals surface area (Å²) in [5.41, 5.74) is 3.62. The molecule has 0 unspecified atom stereocenters. The molecule has 2 aromatic carbocycles. The molecule has 0 bridgehead atoms. The Hall–Kier alpha value is -4.17. The van der Waals surface area contributed by atoms with Crippen LogP contribution in [0.25, 0.3) is 10.2 Å². The molecule has 0 spiro atoms. The summed E-state index contributed by atoms with van der Waals surface area (Å²) in [6.07, 6.45) is 1.58. The van der Waals surface area contributed by atoms with Gasteiger partial charge in [0.25, 0.3) is 0 Å². The average Bonchev–Trinajstić information content (AvgIpc) is 3.58. The molecule has 10 nitrogen and oxygen atoms in total. The molecule has 3 amide bonds. The van der Waals surface area contributed by atoms with Crippen LogP contribution in [0, 0.1) is 11.6 Å². The van der Waals surface area contributed by atoms with Crippen molar-refractivity contribution in [2.45, 2.75) is 18.9 Å². The maximum atomic E-state index is 13.9. The number of anilines is 2. The summed E-state index contributed by atoms with van der Waals surface area (Å²) in [7, 11) is -1.81. The first kappa shape index (κ1) is 27.4. The minimum atomic E-state index is -4.36. The fraction of sp³-hybridized carbons (Fsp3) is 0.231. The van der Waals surface area contributed by atoms with E-state index in [0.717, 1.165) is 33.7 Å². The zero-order valence-electron chi connectivity index (χ0n) is 21.4. The van der Waals surface area contributed by atoms with Crippen molar-refractivity contribution in [1.29, 1.82) is 0 Å². The normalized spacial score (nSPS) is 13.7. The van der Waals surface area contributed by atoms with E-state index in [-0.39, 0.29) is 24.3 Å². The lowest BCUT2D eigenvalue weighted by Gasteiger charge is -2.29. The number of halogens is 2. The van der Waals surface area contributed by atoms with Gasteiger partial charge in [-0.25, -0.2) is 32.2 Å². The number of urea groups is 1. The maximum absolute atomic E-state index is 13.9. The van der Waals surface area contributed by atoms with Crippen molar-refractivity contribution in [3.63, 3.8) is 0 Å². The van der Waals surface area contributed by atoms with E-state index >= 15 is 0 Å². The molecule has 2 aromatic heterocycles. The SMILES string of the molecule is CN(C(=O)[C@H](Cc1cc(F)cc(F)c1)NC(=O)N(C)S(=O)(=O)N1CCc2cccnc21)c1ccc2scnc2c1. The van der Waals surface area contributed by atoms with Crippen molar-refractivity contribution >= 4 is 55.2 Å². The van der Waals surface area contributed by atoms with Crippen molar-refractivity contribution in [2.24, 2.45) is 0 Å². The first-order valence-electron chi connectivity index (χ1n) is 12.1. The minimum absolute atomic E-state index is 0.0963. The molecule has 40 heavy (non-hydrogen) atoms. The number of likely N-dealkylation sites (N-methyl/N-ethyl adjacent to an activating group) is 1. The number of nitrogens with zero attached hydrogens (tertiary/aromatic N) is 5. The molecule has 4 aromatic rings. The van der Waals surface area contributed by atoms with Crippen LogP contribution < -0.4 is 14.5 Å². The van der Waals surface area contributed by atoms with Crippen molar-refractivity contribution in [3.8, 4) is 0 Å². The lowest BCUT2D eigenvalue weighted by atomic mass is 10.0. The summed E-state index contributed by atoms with van der Waals surface area (Å²) < 4.78 is 57.0. The fourth-order valence-corrected chi connectivity index (χ4v) is 6.40. The average molecular weight is 587 g/mol. The number of carbonyl (C=O) groups excluding carboxylic acids is 2. The van der Waals surface area contributed by atoms with Crippen LogP contribution in [0.5, 0.6) is 0 Å². The van der Waals surface area contributed by atoms with Gasteiger partial charge in [0.15, 0.2) is 0 Å². The van der Waals surface area contributed by atoms with Gasteiger partial charge in [0.2, 0.25) is 5.91 Å². The van der Waals surface area contributed by atoms with Crippen molar-refractivity contribution in [2.75, 3.05) is 29.8 Å². The van der Waals surface area contributed by atoms with Gasteiger partial charge in [-0.2, -0.15) is 8.42 Å². The molecule has 1 N–H and O–H groups in total. The molecule has 0 saturated heterocycles. The predicted octanol–water partition coefficient (Wildman–Crippen LogP) is 3.49. The zero-order valence-corrected chi connectivity index (χ0v) is 23.0. The zero-order chi connectivity index (χ0) is 28.6. The molecule has 5 rings (SSSR count). The predicted molar refractivity (Wildman–Crippen MR) is 147 cm³/mol. The van der Waals surface area contributed by atoms with Gasteiger partial charge in [-0.15, -0.1) is 11.3 Å². The number of amides is 3. The molecule has 0 aliphatic carbocycles. The Balaban J connectivity index is 1.41. The van der Waals surface area contributed by atoms with E-state index in [1.54, 1.807) is 35.8 Å². The smallest absolute Gasteiger partial charge is 0.325 e. The summed E-state index contributed by atoms with van der Waals surface area (Å²) in [4.78, 5) is 36.6. The van der Waals surface area contributed by atoms with E-state index in [4.69, 9.17) is 0 Å². The van der Waals surface area contributed by atoms with Crippen LogP contribution in [0.15, 0.2) is 60.2 Å². The van der Waals surface area contributed by atoms with Gasteiger partial charge in [0.1, 0.15) is 23.5 Å². The lowest BCUT2D eigenvalue weighted by Crippen LogP contribution is -2.55. The standard InChI is InChI=1S/C26H24F2N6O4S2/c1-32(20-5-6-23-21(14-20)30-15-39-23)25(35)22(12-16-10-18(27)13-19(28)11-16)31-26(36)33(2)40(37,38)34-9-7-17-4-3-8-29-24(17)34/h3-6,8,10-11,13-15,22H,7,9,12H2,1-2H3,(H,31,36)/t22-/m0/s1. The molecule has 3 heterocycles. The van der Waals surface area contributed by atoms with Crippen LogP contribution in [0.2, 0.25) is 0 Å². The Bertz CT molecular complexity index is 1690. The number of nitrogens with one attached hydrogen (secondary N) is 1. The molecule has 1 aliphatic rings. The van der Waals surface area contributed by atoms with Gasteiger partial charge >= 0.3 is 16.2 Å². The molecule has 1 aliphatic heterocycles. The number of hydrogen-bond donors (Lipinski definition) is 1. The van der Waals surface area contributed by atoms with Crippen molar-refractivity contribution in [3.05, 3.63) is 83.0 Å².